The third kappa shape index (κ3) is 2.95. The standard InChI is InChI=1S/C15H12N2OS2/c1-10-16-13-6-4-11(9-14(13)20-10)17-15(18)7-5-12-3-2-8-19-12/h2-9H,1H3,(H,17,18). The van der Waals surface area contributed by atoms with Crippen molar-refractivity contribution in [1.82, 2.24) is 4.98 Å². The fourth-order valence-electron chi connectivity index (χ4n) is 1.85. The number of nitrogens with one attached hydrogen (secondary N) is 1. The van der Waals surface area contributed by atoms with Gasteiger partial charge in [-0.15, -0.1) is 22.7 Å². The molecule has 2 heterocycles. The van der Waals surface area contributed by atoms with Crippen LogP contribution in [0.2, 0.25) is 0 Å². The van der Waals surface area contributed by atoms with E-state index in [0.29, 0.717) is 0 Å². The summed E-state index contributed by atoms with van der Waals surface area (Å²) in [6.45, 7) is 1.98. The van der Waals surface area contributed by atoms with E-state index in [0.717, 1.165) is 25.8 Å². The number of benzene rings is 1. The molecule has 3 aromatic rings. The molecule has 3 nitrogen and oxygen atoms in total. The average molecular weight is 300 g/mol. The quantitative estimate of drug-likeness (QED) is 0.732. The maximum atomic E-state index is 11.8. The van der Waals surface area contributed by atoms with Gasteiger partial charge in [0.2, 0.25) is 5.91 Å². The van der Waals surface area contributed by atoms with Crippen LogP contribution in [0.1, 0.15) is 9.88 Å². The smallest absolute Gasteiger partial charge is 0.248 e. The van der Waals surface area contributed by atoms with Crippen molar-refractivity contribution in [2.24, 2.45) is 0 Å². The molecule has 0 saturated carbocycles. The lowest BCUT2D eigenvalue weighted by Gasteiger charge is -2.01. The summed E-state index contributed by atoms with van der Waals surface area (Å²) < 4.78 is 1.09. The first-order chi connectivity index (χ1) is 9.70. The number of carbonyl (C=O) groups excluding carboxylic acids is 1. The highest BCUT2D eigenvalue weighted by Gasteiger charge is 2.03. The van der Waals surface area contributed by atoms with Crippen molar-refractivity contribution in [3.8, 4) is 0 Å². The van der Waals surface area contributed by atoms with E-state index in [1.165, 1.54) is 0 Å². The zero-order valence-electron chi connectivity index (χ0n) is 10.8. The molecule has 100 valence electrons. The van der Waals surface area contributed by atoms with Crippen LogP contribution in [0.3, 0.4) is 0 Å². The van der Waals surface area contributed by atoms with Crippen LogP contribution in [0.5, 0.6) is 0 Å². The summed E-state index contributed by atoms with van der Waals surface area (Å²) in [6.07, 6.45) is 3.36. The first-order valence-corrected chi connectivity index (χ1v) is 7.80. The first kappa shape index (κ1) is 13.0. The molecule has 0 unspecified atom stereocenters. The second kappa shape index (κ2) is 5.56. The van der Waals surface area contributed by atoms with E-state index in [2.05, 4.69) is 10.3 Å². The van der Waals surface area contributed by atoms with Gasteiger partial charge in [-0.05, 0) is 42.6 Å². The zero-order valence-corrected chi connectivity index (χ0v) is 12.4. The molecule has 0 fully saturated rings. The second-order valence-corrected chi connectivity index (χ2v) is 6.47. The van der Waals surface area contributed by atoms with Crippen LogP contribution in [0.4, 0.5) is 5.69 Å². The van der Waals surface area contributed by atoms with E-state index in [1.807, 2.05) is 48.7 Å². The summed E-state index contributed by atoms with van der Waals surface area (Å²) in [6, 6.07) is 9.69. The van der Waals surface area contributed by atoms with Gasteiger partial charge in [-0.3, -0.25) is 4.79 Å². The minimum atomic E-state index is -0.126. The Kier molecular flexibility index (Phi) is 3.62. The molecular weight excluding hydrogens is 288 g/mol. The van der Waals surface area contributed by atoms with Crippen molar-refractivity contribution >= 4 is 50.6 Å². The summed E-state index contributed by atoms with van der Waals surface area (Å²) in [5.41, 5.74) is 1.77. The Morgan fingerprint density at radius 1 is 1.35 bits per heavy atom. The van der Waals surface area contributed by atoms with Gasteiger partial charge in [-0.25, -0.2) is 4.98 Å². The van der Waals surface area contributed by atoms with Crippen LogP contribution in [0, 0.1) is 6.92 Å². The third-order valence-electron chi connectivity index (χ3n) is 2.71. The Labute approximate surface area is 124 Å². The number of amides is 1. The van der Waals surface area contributed by atoms with E-state index in [9.17, 15) is 4.79 Å². The lowest BCUT2D eigenvalue weighted by Crippen LogP contribution is -2.07. The summed E-state index contributed by atoms with van der Waals surface area (Å²) in [5.74, 6) is -0.126. The fraction of sp³-hybridized carbons (Fsp3) is 0.0667. The molecule has 1 N–H and O–H groups in total. The van der Waals surface area contributed by atoms with E-state index in [4.69, 9.17) is 0 Å². The molecule has 1 aromatic carbocycles. The molecule has 3 rings (SSSR count). The predicted molar refractivity (Wildman–Crippen MR) is 86.3 cm³/mol. The van der Waals surface area contributed by atoms with Crippen molar-refractivity contribution in [1.29, 1.82) is 0 Å². The molecule has 20 heavy (non-hydrogen) atoms. The van der Waals surface area contributed by atoms with Gasteiger partial charge in [0.1, 0.15) is 0 Å². The predicted octanol–water partition coefficient (Wildman–Crippen LogP) is 4.32. The second-order valence-electron chi connectivity index (χ2n) is 4.25. The highest BCUT2D eigenvalue weighted by Crippen LogP contribution is 2.24. The largest absolute Gasteiger partial charge is 0.322 e. The van der Waals surface area contributed by atoms with Gasteiger partial charge < -0.3 is 5.32 Å². The van der Waals surface area contributed by atoms with Crippen molar-refractivity contribution in [3.05, 3.63) is 51.7 Å². The Morgan fingerprint density at radius 2 is 2.25 bits per heavy atom. The van der Waals surface area contributed by atoms with Crippen molar-refractivity contribution in [2.75, 3.05) is 5.32 Å². The van der Waals surface area contributed by atoms with Crippen LogP contribution < -0.4 is 5.32 Å². The molecule has 2 aromatic heterocycles. The fourth-order valence-corrected chi connectivity index (χ4v) is 3.33. The summed E-state index contributed by atoms with van der Waals surface area (Å²) in [7, 11) is 0. The number of aromatic nitrogens is 1. The van der Waals surface area contributed by atoms with Crippen LogP contribution in [0.25, 0.3) is 16.3 Å². The number of fused-ring (bicyclic) bond motifs is 1. The van der Waals surface area contributed by atoms with Crippen molar-refractivity contribution < 1.29 is 4.79 Å². The lowest BCUT2D eigenvalue weighted by molar-refractivity contribution is -0.111. The van der Waals surface area contributed by atoms with Crippen molar-refractivity contribution in [3.63, 3.8) is 0 Å². The topological polar surface area (TPSA) is 42.0 Å². The van der Waals surface area contributed by atoms with Gasteiger partial charge in [0.25, 0.3) is 0 Å². The Bertz CT molecular complexity index is 772. The number of hydrogen-bond acceptors (Lipinski definition) is 4. The number of nitrogens with zero attached hydrogens (tertiary/aromatic N) is 1. The number of aryl methyl sites for hydroxylation is 1. The summed E-state index contributed by atoms with van der Waals surface area (Å²) in [4.78, 5) is 17.3. The molecule has 0 saturated heterocycles. The van der Waals surface area contributed by atoms with Crippen LogP contribution in [-0.2, 0) is 4.79 Å². The Hall–Kier alpha value is -1.98. The number of rotatable bonds is 3. The number of thiazole rings is 1. The van der Waals surface area contributed by atoms with Gasteiger partial charge in [-0.2, -0.15) is 0 Å². The highest BCUT2D eigenvalue weighted by atomic mass is 32.1. The molecular formula is C15H12N2OS2. The molecule has 5 heteroatoms. The van der Waals surface area contributed by atoms with E-state index >= 15 is 0 Å². The monoisotopic (exact) mass is 300 g/mol. The SMILES string of the molecule is Cc1nc2ccc(NC(=O)C=Cc3cccs3)cc2s1. The summed E-state index contributed by atoms with van der Waals surface area (Å²) in [5, 5.41) is 5.88. The van der Waals surface area contributed by atoms with Crippen LogP contribution in [-0.4, -0.2) is 10.9 Å². The molecule has 0 spiro atoms. The number of thiophene rings is 1. The number of anilines is 1. The molecule has 0 atom stereocenters. The van der Waals surface area contributed by atoms with Gasteiger partial charge in [0.15, 0.2) is 0 Å². The average Bonchev–Trinajstić information content (AvgIpc) is 3.04. The molecule has 0 aliphatic heterocycles. The first-order valence-electron chi connectivity index (χ1n) is 6.10. The van der Waals surface area contributed by atoms with E-state index in [1.54, 1.807) is 28.7 Å². The van der Waals surface area contributed by atoms with Gasteiger partial charge in [0.05, 0.1) is 15.2 Å². The highest BCUT2D eigenvalue weighted by molar-refractivity contribution is 7.18. The maximum Gasteiger partial charge on any atom is 0.248 e. The molecule has 0 bridgehead atoms. The third-order valence-corrected chi connectivity index (χ3v) is 4.48. The normalized spacial score (nSPS) is 11.2. The zero-order chi connectivity index (χ0) is 13.9. The molecule has 0 radical (unpaired) electrons. The molecule has 0 aliphatic carbocycles. The number of hydrogen-bond donors (Lipinski definition) is 1. The van der Waals surface area contributed by atoms with Gasteiger partial charge >= 0.3 is 0 Å². The van der Waals surface area contributed by atoms with Crippen LogP contribution in [0.15, 0.2) is 41.8 Å². The van der Waals surface area contributed by atoms with E-state index in [-0.39, 0.29) is 5.91 Å². The number of carbonyl (C=O) groups is 1. The Morgan fingerprint density at radius 3 is 3.05 bits per heavy atom. The van der Waals surface area contributed by atoms with Gasteiger partial charge in [-0.1, -0.05) is 6.07 Å². The lowest BCUT2D eigenvalue weighted by atomic mass is 10.3. The molecule has 0 aliphatic rings. The van der Waals surface area contributed by atoms with Crippen LogP contribution >= 0.6 is 22.7 Å². The van der Waals surface area contributed by atoms with Crippen molar-refractivity contribution in [2.45, 2.75) is 6.92 Å². The summed E-state index contributed by atoms with van der Waals surface area (Å²) >= 11 is 3.23. The maximum absolute atomic E-state index is 11.8. The van der Waals surface area contributed by atoms with Gasteiger partial charge in [0, 0.05) is 16.6 Å². The van der Waals surface area contributed by atoms with E-state index < -0.39 is 0 Å². The minimum absolute atomic E-state index is 0.126. The minimum Gasteiger partial charge on any atom is -0.322 e. The molecule has 1 amide bonds. The Balaban J connectivity index is 1.73.